The van der Waals surface area contributed by atoms with Crippen LogP contribution in [0.5, 0.6) is 0 Å². The third-order valence-corrected chi connectivity index (χ3v) is 3.81. The fourth-order valence-corrected chi connectivity index (χ4v) is 2.71. The van der Waals surface area contributed by atoms with Gasteiger partial charge in [0, 0.05) is 30.4 Å². The third-order valence-electron chi connectivity index (χ3n) is 3.81. The normalized spacial score (nSPS) is 14.1. The number of rotatable bonds is 4. The van der Waals surface area contributed by atoms with Gasteiger partial charge in [0.15, 0.2) is 0 Å². The summed E-state index contributed by atoms with van der Waals surface area (Å²) in [5.41, 5.74) is 2.75. The highest BCUT2D eigenvalue weighted by atomic mass is 16.3. The highest BCUT2D eigenvalue weighted by Crippen LogP contribution is 2.30. The molecule has 1 aliphatic heterocycles. The number of nitrogens with one attached hydrogen (secondary N) is 1. The first kappa shape index (κ1) is 15.1. The molecule has 1 N–H and O–H groups in total. The van der Waals surface area contributed by atoms with Gasteiger partial charge in [0.2, 0.25) is 11.8 Å². The molecule has 2 heterocycles. The molecule has 5 heteroatoms. The monoisotopic (exact) mass is 310 g/mol. The van der Waals surface area contributed by atoms with Crippen molar-refractivity contribution >= 4 is 29.3 Å². The van der Waals surface area contributed by atoms with Crippen LogP contribution in [-0.4, -0.2) is 18.4 Å². The van der Waals surface area contributed by atoms with Gasteiger partial charge in [-0.2, -0.15) is 0 Å². The molecule has 3 rings (SSSR count). The lowest BCUT2D eigenvalue weighted by Crippen LogP contribution is -2.34. The number of benzene rings is 1. The number of aryl methyl sites for hydroxylation is 1. The van der Waals surface area contributed by atoms with Gasteiger partial charge in [0.25, 0.3) is 0 Å². The first-order valence-electron chi connectivity index (χ1n) is 7.63. The van der Waals surface area contributed by atoms with Crippen LogP contribution < -0.4 is 10.2 Å². The standard InChI is InChI=1S/C18H18N2O3/c1-2-20-16-8-6-14(12-13(16)5-10-18(20)22)19-17(21)9-7-15-4-3-11-23-15/h3-4,6-9,11-12H,2,5,10H2,1H3,(H,19,21). The number of carbonyl (C=O) groups excluding carboxylic acids is 2. The Bertz CT molecular complexity index is 748. The van der Waals surface area contributed by atoms with Gasteiger partial charge in [-0.1, -0.05) is 0 Å². The number of fused-ring (bicyclic) bond motifs is 1. The quantitative estimate of drug-likeness (QED) is 0.882. The summed E-state index contributed by atoms with van der Waals surface area (Å²) in [5, 5.41) is 2.83. The molecule has 1 aliphatic rings. The topological polar surface area (TPSA) is 62.6 Å². The minimum Gasteiger partial charge on any atom is -0.465 e. The van der Waals surface area contributed by atoms with E-state index in [1.54, 1.807) is 29.4 Å². The van der Waals surface area contributed by atoms with E-state index in [0.717, 1.165) is 16.9 Å². The summed E-state index contributed by atoms with van der Waals surface area (Å²) in [6.45, 7) is 2.62. The maximum absolute atomic E-state index is 11.9. The van der Waals surface area contributed by atoms with Gasteiger partial charge >= 0.3 is 0 Å². The minimum atomic E-state index is -0.222. The number of carbonyl (C=O) groups is 2. The van der Waals surface area contributed by atoms with E-state index in [2.05, 4.69) is 5.32 Å². The number of furan rings is 1. The summed E-state index contributed by atoms with van der Waals surface area (Å²) in [6, 6.07) is 9.18. The van der Waals surface area contributed by atoms with E-state index < -0.39 is 0 Å². The van der Waals surface area contributed by atoms with E-state index in [0.29, 0.717) is 25.1 Å². The summed E-state index contributed by atoms with van der Waals surface area (Å²) in [4.78, 5) is 25.6. The van der Waals surface area contributed by atoms with Crippen molar-refractivity contribution in [3.8, 4) is 0 Å². The summed E-state index contributed by atoms with van der Waals surface area (Å²) in [7, 11) is 0. The lowest BCUT2D eigenvalue weighted by molar-refractivity contribution is -0.118. The molecule has 0 saturated carbocycles. The summed E-state index contributed by atoms with van der Waals surface area (Å²) in [5.74, 6) is 0.557. The number of amides is 2. The summed E-state index contributed by atoms with van der Waals surface area (Å²) < 4.78 is 5.14. The molecule has 0 aliphatic carbocycles. The fraction of sp³-hybridized carbons (Fsp3) is 0.222. The highest BCUT2D eigenvalue weighted by Gasteiger charge is 2.22. The van der Waals surface area contributed by atoms with E-state index in [4.69, 9.17) is 4.42 Å². The van der Waals surface area contributed by atoms with E-state index >= 15 is 0 Å². The van der Waals surface area contributed by atoms with Gasteiger partial charge in [-0.05, 0) is 55.3 Å². The van der Waals surface area contributed by atoms with Gasteiger partial charge in [-0.25, -0.2) is 0 Å². The van der Waals surface area contributed by atoms with Gasteiger partial charge in [0.05, 0.1) is 6.26 Å². The smallest absolute Gasteiger partial charge is 0.248 e. The van der Waals surface area contributed by atoms with E-state index in [9.17, 15) is 9.59 Å². The molecule has 0 atom stereocenters. The Morgan fingerprint density at radius 3 is 2.96 bits per heavy atom. The Hall–Kier alpha value is -2.82. The van der Waals surface area contributed by atoms with Crippen LogP contribution in [0.1, 0.15) is 24.7 Å². The predicted molar refractivity (Wildman–Crippen MR) is 89.2 cm³/mol. The Morgan fingerprint density at radius 1 is 1.35 bits per heavy atom. The van der Waals surface area contributed by atoms with Crippen molar-refractivity contribution in [2.24, 2.45) is 0 Å². The molecule has 0 spiro atoms. The van der Waals surface area contributed by atoms with Crippen molar-refractivity contribution in [3.05, 3.63) is 54.0 Å². The van der Waals surface area contributed by atoms with Gasteiger partial charge in [0.1, 0.15) is 5.76 Å². The molecular weight excluding hydrogens is 292 g/mol. The zero-order valence-corrected chi connectivity index (χ0v) is 12.9. The fourth-order valence-electron chi connectivity index (χ4n) is 2.71. The number of anilines is 2. The maximum Gasteiger partial charge on any atom is 0.248 e. The second-order valence-corrected chi connectivity index (χ2v) is 5.32. The van der Waals surface area contributed by atoms with Crippen LogP contribution in [0.2, 0.25) is 0 Å². The lowest BCUT2D eigenvalue weighted by atomic mass is 10.0. The largest absolute Gasteiger partial charge is 0.465 e. The predicted octanol–water partition coefficient (Wildman–Crippen LogP) is 3.23. The molecule has 0 fully saturated rings. The molecule has 1 aromatic carbocycles. The molecule has 118 valence electrons. The lowest BCUT2D eigenvalue weighted by Gasteiger charge is -2.28. The van der Waals surface area contributed by atoms with Gasteiger partial charge < -0.3 is 14.6 Å². The molecule has 0 saturated heterocycles. The third kappa shape index (κ3) is 3.34. The minimum absolute atomic E-state index is 0.151. The molecule has 0 bridgehead atoms. The van der Waals surface area contributed by atoms with Crippen LogP contribution in [0.4, 0.5) is 11.4 Å². The summed E-state index contributed by atoms with van der Waals surface area (Å²) >= 11 is 0. The SMILES string of the molecule is CCN1C(=O)CCc2cc(NC(=O)C=Cc3ccco3)ccc21. The molecular formula is C18H18N2O3. The highest BCUT2D eigenvalue weighted by molar-refractivity contribution is 6.02. The molecule has 5 nitrogen and oxygen atoms in total. The second kappa shape index (κ2) is 6.52. The first-order chi connectivity index (χ1) is 11.2. The Labute approximate surface area is 134 Å². The Kier molecular flexibility index (Phi) is 4.28. The van der Waals surface area contributed by atoms with Crippen molar-refractivity contribution in [2.45, 2.75) is 19.8 Å². The number of hydrogen-bond acceptors (Lipinski definition) is 3. The zero-order chi connectivity index (χ0) is 16.2. The average Bonchev–Trinajstić information content (AvgIpc) is 3.06. The number of nitrogens with zero attached hydrogens (tertiary/aromatic N) is 1. The zero-order valence-electron chi connectivity index (χ0n) is 12.9. The van der Waals surface area contributed by atoms with Crippen molar-refractivity contribution in [2.75, 3.05) is 16.8 Å². The van der Waals surface area contributed by atoms with E-state index in [-0.39, 0.29) is 11.8 Å². The number of hydrogen-bond donors (Lipinski definition) is 1. The molecule has 23 heavy (non-hydrogen) atoms. The van der Waals surface area contributed by atoms with Crippen LogP contribution in [0.25, 0.3) is 6.08 Å². The van der Waals surface area contributed by atoms with Crippen LogP contribution in [0.3, 0.4) is 0 Å². The van der Waals surface area contributed by atoms with Crippen LogP contribution in [0, 0.1) is 0 Å². The Balaban J connectivity index is 1.72. The van der Waals surface area contributed by atoms with E-state index in [1.807, 2.05) is 25.1 Å². The molecule has 2 amide bonds. The van der Waals surface area contributed by atoms with Crippen molar-refractivity contribution in [1.29, 1.82) is 0 Å². The van der Waals surface area contributed by atoms with Crippen molar-refractivity contribution in [1.82, 2.24) is 0 Å². The molecule has 2 aromatic rings. The average molecular weight is 310 g/mol. The van der Waals surface area contributed by atoms with Crippen LogP contribution in [-0.2, 0) is 16.0 Å². The molecule has 0 radical (unpaired) electrons. The van der Waals surface area contributed by atoms with Crippen molar-refractivity contribution < 1.29 is 14.0 Å². The molecule has 1 aromatic heterocycles. The summed E-state index contributed by atoms with van der Waals surface area (Å²) in [6.07, 6.45) is 5.82. The molecule has 0 unspecified atom stereocenters. The Morgan fingerprint density at radius 2 is 2.22 bits per heavy atom. The van der Waals surface area contributed by atoms with E-state index in [1.165, 1.54) is 6.08 Å². The maximum atomic E-state index is 11.9. The van der Waals surface area contributed by atoms with Crippen molar-refractivity contribution in [3.63, 3.8) is 0 Å². The van der Waals surface area contributed by atoms with Gasteiger partial charge in [-0.15, -0.1) is 0 Å². The van der Waals surface area contributed by atoms with Crippen LogP contribution >= 0.6 is 0 Å². The second-order valence-electron chi connectivity index (χ2n) is 5.32. The first-order valence-corrected chi connectivity index (χ1v) is 7.63. The van der Waals surface area contributed by atoms with Gasteiger partial charge in [-0.3, -0.25) is 9.59 Å². The van der Waals surface area contributed by atoms with Crippen LogP contribution in [0.15, 0.2) is 47.1 Å².